The summed E-state index contributed by atoms with van der Waals surface area (Å²) in [6.07, 6.45) is 3.97. The van der Waals surface area contributed by atoms with Crippen LogP contribution >= 0.6 is 0 Å². The highest BCUT2D eigenvalue weighted by Gasteiger charge is 2.42. The smallest absolute Gasteiger partial charge is 0.315 e. The van der Waals surface area contributed by atoms with Gasteiger partial charge in [-0.05, 0) is 43.7 Å². The molecule has 0 saturated heterocycles. The molecular weight excluding hydrogens is 306 g/mol. The van der Waals surface area contributed by atoms with Gasteiger partial charge in [-0.25, -0.2) is 4.79 Å². The Morgan fingerprint density at radius 3 is 2.79 bits per heavy atom. The normalized spacial score (nSPS) is 18.4. The molecule has 1 fully saturated rings. The molecule has 7 nitrogen and oxygen atoms in total. The summed E-state index contributed by atoms with van der Waals surface area (Å²) in [4.78, 5) is 12.5. The molecular formula is C17H25N5O2. The topological polar surface area (TPSA) is 91.5 Å². The van der Waals surface area contributed by atoms with Crippen molar-refractivity contribution < 1.29 is 9.90 Å². The van der Waals surface area contributed by atoms with Crippen LogP contribution < -0.4 is 10.6 Å². The molecule has 0 bridgehead atoms. The Balaban J connectivity index is 1.78. The number of urea groups is 1. The van der Waals surface area contributed by atoms with Crippen LogP contribution in [0.4, 0.5) is 4.79 Å². The molecule has 2 aromatic heterocycles. The molecule has 2 aromatic rings. The first kappa shape index (κ1) is 16.7. The monoisotopic (exact) mass is 331 g/mol. The van der Waals surface area contributed by atoms with E-state index in [-0.39, 0.29) is 24.6 Å². The van der Waals surface area contributed by atoms with Gasteiger partial charge < -0.3 is 15.7 Å². The van der Waals surface area contributed by atoms with Crippen LogP contribution in [0, 0.1) is 11.8 Å². The predicted octanol–water partition coefficient (Wildman–Crippen LogP) is 1.89. The van der Waals surface area contributed by atoms with Crippen molar-refractivity contribution in [3.63, 3.8) is 0 Å². The molecule has 24 heavy (non-hydrogen) atoms. The minimum atomic E-state index is -0.571. The zero-order valence-corrected chi connectivity index (χ0v) is 14.4. The van der Waals surface area contributed by atoms with Crippen molar-refractivity contribution in [2.45, 2.75) is 45.2 Å². The highest BCUT2D eigenvalue weighted by atomic mass is 16.3. The fourth-order valence-corrected chi connectivity index (χ4v) is 3.03. The van der Waals surface area contributed by atoms with Gasteiger partial charge in [-0.3, -0.25) is 4.40 Å². The third-order valence-electron chi connectivity index (χ3n) is 4.78. The van der Waals surface area contributed by atoms with Crippen molar-refractivity contribution in [3.05, 3.63) is 30.2 Å². The zero-order valence-electron chi connectivity index (χ0n) is 14.4. The maximum absolute atomic E-state index is 12.5. The molecule has 0 radical (unpaired) electrons. The molecule has 2 atom stereocenters. The van der Waals surface area contributed by atoms with Crippen LogP contribution in [0.3, 0.4) is 0 Å². The van der Waals surface area contributed by atoms with Gasteiger partial charge in [-0.2, -0.15) is 0 Å². The van der Waals surface area contributed by atoms with Crippen molar-refractivity contribution in [3.8, 4) is 0 Å². The molecule has 2 unspecified atom stereocenters. The van der Waals surface area contributed by atoms with Gasteiger partial charge in [0.05, 0.1) is 18.2 Å². The average Bonchev–Trinajstić information content (AvgIpc) is 3.33. The van der Waals surface area contributed by atoms with Gasteiger partial charge in [0.1, 0.15) is 0 Å². The number of aliphatic hydroxyl groups excluding tert-OH is 1. The summed E-state index contributed by atoms with van der Waals surface area (Å²) in [5, 5.41) is 24.0. The van der Waals surface area contributed by atoms with Crippen molar-refractivity contribution in [1.29, 1.82) is 0 Å². The third-order valence-corrected chi connectivity index (χ3v) is 4.78. The molecule has 3 rings (SSSR count). The lowest BCUT2D eigenvalue weighted by molar-refractivity contribution is 0.153. The second-order valence-electron chi connectivity index (χ2n) is 7.16. The molecule has 0 aromatic carbocycles. The summed E-state index contributed by atoms with van der Waals surface area (Å²) in [5.41, 5.74) is 0.178. The Morgan fingerprint density at radius 1 is 1.42 bits per heavy atom. The molecule has 7 heteroatoms. The summed E-state index contributed by atoms with van der Waals surface area (Å²) in [5.74, 6) is 1.19. The van der Waals surface area contributed by atoms with Gasteiger partial charge in [0.25, 0.3) is 0 Å². The standard InChI is InChI=1S/C17H25N5O2/c1-11(2)14(15-21-20-13-6-4-5-9-22(13)15)18-16(24)19-17(3,10-23)12-7-8-12/h4-6,9,11-12,14,23H,7-8,10H2,1-3H3,(H2,18,19,24). The Labute approximate surface area is 141 Å². The van der Waals surface area contributed by atoms with Crippen LogP contribution in [0.5, 0.6) is 0 Å². The summed E-state index contributed by atoms with van der Waals surface area (Å²) in [6, 6.07) is 5.13. The van der Waals surface area contributed by atoms with E-state index in [1.54, 1.807) is 0 Å². The molecule has 1 aliphatic carbocycles. The summed E-state index contributed by atoms with van der Waals surface area (Å²) < 4.78 is 1.89. The molecule has 3 N–H and O–H groups in total. The minimum Gasteiger partial charge on any atom is -0.394 e. The first-order valence-corrected chi connectivity index (χ1v) is 8.44. The number of aliphatic hydroxyl groups is 1. The molecule has 1 aliphatic rings. The molecule has 2 heterocycles. The van der Waals surface area contributed by atoms with Gasteiger partial charge >= 0.3 is 6.03 Å². The summed E-state index contributed by atoms with van der Waals surface area (Å²) in [6.45, 7) is 5.88. The van der Waals surface area contributed by atoms with Crippen LogP contribution in [0.2, 0.25) is 0 Å². The zero-order chi connectivity index (χ0) is 17.3. The number of fused-ring (bicyclic) bond motifs is 1. The summed E-state index contributed by atoms with van der Waals surface area (Å²) in [7, 11) is 0. The van der Waals surface area contributed by atoms with Crippen molar-refractivity contribution >= 4 is 11.7 Å². The quantitative estimate of drug-likeness (QED) is 0.754. The van der Waals surface area contributed by atoms with E-state index in [1.165, 1.54) is 0 Å². The number of aromatic nitrogens is 3. The third kappa shape index (κ3) is 3.21. The van der Waals surface area contributed by atoms with Crippen LogP contribution in [0.15, 0.2) is 24.4 Å². The van der Waals surface area contributed by atoms with Gasteiger partial charge in [-0.15, -0.1) is 10.2 Å². The number of nitrogens with one attached hydrogen (secondary N) is 2. The molecule has 0 aliphatic heterocycles. The van der Waals surface area contributed by atoms with Crippen molar-refractivity contribution in [1.82, 2.24) is 25.2 Å². The predicted molar refractivity (Wildman–Crippen MR) is 90.4 cm³/mol. The Kier molecular flexibility index (Phi) is 4.45. The van der Waals surface area contributed by atoms with E-state index in [1.807, 2.05) is 49.6 Å². The first-order chi connectivity index (χ1) is 11.4. The molecule has 130 valence electrons. The van der Waals surface area contributed by atoms with Crippen LogP contribution in [-0.2, 0) is 0 Å². The number of hydrogen-bond acceptors (Lipinski definition) is 4. The van der Waals surface area contributed by atoms with Gasteiger partial charge in [-0.1, -0.05) is 19.9 Å². The van der Waals surface area contributed by atoms with E-state index in [0.29, 0.717) is 11.7 Å². The largest absolute Gasteiger partial charge is 0.394 e. The second-order valence-corrected chi connectivity index (χ2v) is 7.16. The number of nitrogens with zero attached hydrogens (tertiary/aromatic N) is 3. The van der Waals surface area contributed by atoms with Gasteiger partial charge in [0.15, 0.2) is 11.5 Å². The number of rotatable bonds is 6. The van der Waals surface area contributed by atoms with E-state index >= 15 is 0 Å². The lowest BCUT2D eigenvalue weighted by Crippen LogP contribution is -2.55. The van der Waals surface area contributed by atoms with E-state index < -0.39 is 5.54 Å². The average molecular weight is 331 g/mol. The lowest BCUT2D eigenvalue weighted by Gasteiger charge is -2.30. The number of amides is 2. The fourth-order valence-electron chi connectivity index (χ4n) is 3.03. The van der Waals surface area contributed by atoms with E-state index in [2.05, 4.69) is 20.8 Å². The van der Waals surface area contributed by atoms with Gasteiger partial charge in [0.2, 0.25) is 0 Å². The van der Waals surface area contributed by atoms with Crippen molar-refractivity contribution in [2.75, 3.05) is 6.61 Å². The highest BCUT2D eigenvalue weighted by Crippen LogP contribution is 2.39. The Morgan fingerprint density at radius 2 is 2.17 bits per heavy atom. The number of pyridine rings is 1. The van der Waals surface area contributed by atoms with Crippen LogP contribution in [0.1, 0.15) is 45.5 Å². The molecule has 1 saturated carbocycles. The van der Waals surface area contributed by atoms with Crippen LogP contribution in [0.25, 0.3) is 5.65 Å². The van der Waals surface area contributed by atoms with Gasteiger partial charge in [0, 0.05) is 6.20 Å². The Bertz CT molecular complexity index is 725. The van der Waals surface area contributed by atoms with E-state index in [4.69, 9.17) is 0 Å². The minimum absolute atomic E-state index is 0.0642. The van der Waals surface area contributed by atoms with E-state index in [0.717, 1.165) is 18.5 Å². The highest BCUT2D eigenvalue weighted by molar-refractivity contribution is 5.75. The number of carbonyl (C=O) groups is 1. The fraction of sp³-hybridized carbons (Fsp3) is 0.588. The van der Waals surface area contributed by atoms with Crippen molar-refractivity contribution in [2.24, 2.45) is 11.8 Å². The maximum atomic E-state index is 12.5. The first-order valence-electron chi connectivity index (χ1n) is 8.44. The second kappa shape index (κ2) is 6.39. The number of hydrogen-bond donors (Lipinski definition) is 3. The molecule has 0 spiro atoms. The van der Waals surface area contributed by atoms with E-state index in [9.17, 15) is 9.90 Å². The maximum Gasteiger partial charge on any atom is 0.315 e. The SMILES string of the molecule is CC(C)C(NC(=O)NC(C)(CO)C1CC1)c1nnc2ccccn12. The lowest BCUT2D eigenvalue weighted by atomic mass is 9.97. The Hall–Kier alpha value is -2.15. The molecule has 2 amide bonds. The van der Waals surface area contributed by atoms with Crippen LogP contribution in [-0.4, -0.2) is 37.9 Å². The summed E-state index contributed by atoms with van der Waals surface area (Å²) >= 11 is 0. The number of carbonyl (C=O) groups excluding carboxylic acids is 1.